The number of ether oxygens (including phenoxy) is 1. The predicted molar refractivity (Wildman–Crippen MR) is 89.2 cm³/mol. The number of amides is 2. The fraction of sp³-hybridized carbons (Fsp3) is 0.529. The van der Waals surface area contributed by atoms with Crippen LogP contribution in [0.5, 0.6) is 0 Å². The predicted octanol–water partition coefficient (Wildman–Crippen LogP) is 2.40. The molecule has 5 nitrogen and oxygen atoms in total. The van der Waals surface area contributed by atoms with Gasteiger partial charge in [-0.2, -0.15) is 0 Å². The lowest BCUT2D eigenvalue weighted by Gasteiger charge is -2.40. The zero-order valence-electron chi connectivity index (χ0n) is 13.5. The summed E-state index contributed by atoms with van der Waals surface area (Å²) in [5.74, 6) is -0.237. The van der Waals surface area contributed by atoms with Crippen LogP contribution in [0.2, 0.25) is 5.02 Å². The highest BCUT2D eigenvalue weighted by Gasteiger charge is 2.39. The molecule has 0 unspecified atom stereocenters. The summed E-state index contributed by atoms with van der Waals surface area (Å²) in [5, 5.41) is 3.50. The van der Waals surface area contributed by atoms with Crippen LogP contribution in [0, 0.1) is 5.92 Å². The van der Waals surface area contributed by atoms with Gasteiger partial charge in [0.05, 0.1) is 18.6 Å². The maximum Gasteiger partial charge on any atom is 0.225 e. The van der Waals surface area contributed by atoms with Crippen LogP contribution in [0.25, 0.3) is 0 Å². The third-order valence-electron chi connectivity index (χ3n) is 4.18. The molecule has 0 saturated carbocycles. The van der Waals surface area contributed by atoms with Crippen LogP contribution in [0.15, 0.2) is 24.3 Å². The van der Waals surface area contributed by atoms with Crippen molar-refractivity contribution in [1.82, 2.24) is 10.2 Å². The topological polar surface area (TPSA) is 58.6 Å². The minimum Gasteiger partial charge on any atom is -0.383 e. The van der Waals surface area contributed by atoms with Gasteiger partial charge >= 0.3 is 0 Å². The minimum absolute atomic E-state index is 0.0435. The van der Waals surface area contributed by atoms with Gasteiger partial charge in [0.1, 0.15) is 0 Å². The zero-order valence-corrected chi connectivity index (χ0v) is 14.3. The van der Waals surface area contributed by atoms with E-state index in [-0.39, 0.29) is 23.8 Å². The Bertz CT molecular complexity index is 565. The molecule has 0 spiro atoms. The van der Waals surface area contributed by atoms with Gasteiger partial charge in [0, 0.05) is 31.6 Å². The van der Waals surface area contributed by atoms with Crippen LogP contribution < -0.4 is 5.32 Å². The summed E-state index contributed by atoms with van der Waals surface area (Å²) >= 11 is 6.10. The summed E-state index contributed by atoms with van der Waals surface area (Å²) < 4.78 is 4.97. The molecule has 23 heavy (non-hydrogen) atoms. The summed E-state index contributed by atoms with van der Waals surface area (Å²) in [6.07, 6.45) is 0.943. The van der Waals surface area contributed by atoms with Crippen LogP contribution in [0.4, 0.5) is 0 Å². The number of nitrogens with zero attached hydrogens (tertiary/aromatic N) is 1. The normalized spacial score (nSPS) is 21.3. The molecule has 2 atom stereocenters. The van der Waals surface area contributed by atoms with Crippen LogP contribution in [-0.4, -0.2) is 43.5 Å². The first-order chi connectivity index (χ1) is 11.1. The van der Waals surface area contributed by atoms with Crippen molar-refractivity contribution in [3.8, 4) is 0 Å². The summed E-state index contributed by atoms with van der Waals surface area (Å²) in [5.41, 5.74) is 0.902. The molecule has 0 radical (unpaired) electrons. The molecule has 0 bridgehead atoms. The van der Waals surface area contributed by atoms with E-state index in [0.29, 0.717) is 37.6 Å². The van der Waals surface area contributed by atoms with Gasteiger partial charge in [-0.3, -0.25) is 9.59 Å². The number of methoxy groups -OCH3 is 1. The third-order valence-corrected chi connectivity index (χ3v) is 4.41. The van der Waals surface area contributed by atoms with E-state index in [9.17, 15) is 9.59 Å². The maximum atomic E-state index is 12.6. The Morgan fingerprint density at radius 3 is 2.91 bits per heavy atom. The number of piperidine rings is 1. The third kappa shape index (κ3) is 4.24. The highest BCUT2D eigenvalue weighted by atomic mass is 35.5. The maximum absolute atomic E-state index is 12.6. The van der Waals surface area contributed by atoms with E-state index in [0.717, 1.165) is 5.56 Å². The number of likely N-dealkylation sites (tertiary alicyclic amines) is 1. The highest BCUT2D eigenvalue weighted by molar-refractivity contribution is 6.30. The van der Waals surface area contributed by atoms with Crippen LogP contribution in [0.3, 0.4) is 0 Å². The number of hydrogen-bond acceptors (Lipinski definition) is 3. The molecule has 1 aliphatic rings. The molecule has 1 aromatic rings. The Balaban J connectivity index is 2.27. The van der Waals surface area contributed by atoms with Gasteiger partial charge < -0.3 is 15.0 Å². The van der Waals surface area contributed by atoms with Crippen molar-refractivity contribution in [2.45, 2.75) is 25.8 Å². The van der Waals surface area contributed by atoms with Crippen molar-refractivity contribution in [2.75, 3.05) is 26.8 Å². The molecule has 2 rings (SSSR count). The van der Waals surface area contributed by atoms with E-state index >= 15 is 0 Å². The Kier molecular flexibility index (Phi) is 6.42. The summed E-state index contributed by atoms with van der Waals surface area (Å²) in [6, 6.07) is 7.13. The van der Waals surface area contributed by atoms with Gasteiger partial charge in [-0.15, -0.1) is 0 Å². The first-order valence-electron chi connectivity index (χ1n) is 7.90. The van der Waals surface area contributed by atoms with Crippen molar-refractivity contribution in [3.05, 3.63) is 34.9 Å². The summed E-state index contributed by atoms with van der Waals surface area (Å²) in [4.78, 5) is 26.6. The Hall–Kier alpha value is -1.59. The van der Waals surface area contributed by atoms with E-state index in [4.69, 9.17) is 16.3 Å². The molecule has 0 aromatic heterocycles. The first-order valence-corrected chi connectivity index (χ1v) is 8.27. The number of carbonyl (C=O) groups is 2. The van der Waals surface area contributed by atoms with Gasteiger partial charge in [0.25, 0.3) is 0 Å². The van der Waals surface area contributed by atoms with Crippen molar-refractivity contribution in [1.29, 1.82) is 0 Å². The van der Waals surface area contributed by atoms with Crippen LogP contribution in [0.1, 0.15) is 31.4 Å². The molecular weight excluding hydrogens is 316 g/mol. The first kappa shape index (κ1) is 17.8. The molecule has 1 N–H and O–H groups in total. The number of nitrogens with one attached hydrogen (secondary N) is 1. The van der Waals surface area contributed by atoms with Gasteiger partial charge in [-0.1, -0.05) is 23.7 Å². The number of benzene rings is 1. The SMILES string of the molecule is CCN1C(=O)CC[C@@H](C(=O)NCCOC)[C@@H]1c1cccc(Cl)c1. The quantitative estimate of drug-likeness (QED) is 0.810. The van der Waals surface area contributed by atoms with Crippen molar-refractivity contribution >= 4 is 23.4 Å². The average molecular weight is 339 g/mol. The molecule has 1 aliphatic heterocycles. The molecule has 1 fully saturated rings. The van der Waals surface area contributed by atoms with Crippen LogP contribution in [-0.2, 0) is 14.3 Å². The second-order valence-corrected chi connectivity index (χ2v) is 6.05. The second kappa shape index (κ2) is 8.31. The van der Waals surface area contributed by atoms with Gasteiger partial charge in [-0.05, 0) is 31.0 Å². The highest BCUT2D eigenvalue weighted by Crippen LogP contribution is 2.37. The van der Waals surface area contributed by atoms with Crippen molar-refractivity contribution in [2.24, 2.45) is 5.92 Å². The van der Waals surface area contributed by atoms with E-state index in [1.54, 1.807) is 18.1 Å². The Morgan fingerprint density at radius 1 is 1.48 bits per heavy atom. The molecule has 2 amide bonds. The largest absolute Gasteiger partial charge is 0.383 e. The Labute approximate surface area is 141 Å². The minimum atomic E-state index is -0.275. The van der Waals surface area contributed by atoms with E-state index in [1.807, 2.05) is 25.1 Å². The van der Waals surface area contributed by atoms with E-state index in [2.05, 4.69) is 5.32 Å². The molecule has 0 aliphatic carbocycles. The lowest BCUT2D eigenvalue weighted by Crippen LogP contribution is -2.48. The van der Waals surface area contributed by atoms with Crippen LogP contribution >= 0.6 is 11.6 Å². The standard InChI is InChI=1S/C17H23ClN2O3/c1-3-20-15(21)8-7-14(17(22)19-9-10-23-2)16(20)12-5-4-6-13(18)11-12/h4-6,11,14,16H,3,7-10H2,1-2H3,(H,19,22)/t14-,16+/m1/s1. The van der Waals surface area contributed by atoms with Gasteiger partial charge in [0.2, 0.25) is 11.8 Å². The van der Waals surface area contributed by atoms with E-state index in [1.165, 1.54) is 0 Å². The summed E-state index contributed by atoms with van der Waals surface area (Å²) in [6.45, 7) is 3.43. The smallest absolute Gasteiger partial charge is 0.225 e. The average Bonchev–Trinajstić information content (AvgIpc) is 2.54. The summed E-state index contributed by atoms with van der Waals surface area (Å²) in [7, 11) is 1.60. The number of halogens is 1. The zero-order chi connectivity index (χ0) is 16.8. The molecule has 1 heterocycles. The lowest BCUT2D eigenvalue weighted by molar-refractivity contribution is -0.143. The number of carbonyl (C=O) groups excluding carboxylic acids is 2. The fourth-order valence-electron chi connectivity index (χ4n) is 3.11. The van der Waals surface area contributed by atoms with Gasteiger partial charge in [0.15, 0.2) is 0 Å². The molecule has 1 saturated heterocycles. The molecule has 1 aromatic carbocycles. The van der Waals surface area contributed by atoms with Crippen molar-refractivity contribution in [3.63, 3.8) is 0 Å². The van der Waals surface area contributed by atoms with E-state index < -0.39 is 0 Å². The monoisotopic (exact) mass is 338 g/mol. The lowest BCUT2D eigenvalue weighted by atomic mass is 9.83. The molecule has 126 valence electrons. The Morgan fingerprint density at radius 2 is 2.26 bits per heavy atom. The number of rotatable bonds is 6. The second-order valence-electron chi connectivity index (χ2n) is 5.61. The molecule has 6 heteroatoms. The van der Waals surface area contributed by atoms with Crippen molar-refractivity contribution < 1.29 is 14.3 Å². The molecular formula is C17H23ClN2O3. The van der Waals surface area contributed by atoms with Gasteiger partial charge in [-0.25, -0.2) is 0 Å². The number of hydrogen-bond donors (Lipinski definition) is 1. The fourth-order valence-corrected chi connectivity index (χ4v) is 3.31.